The molecule has 1 saturated heterocycles. The monoisotopic (exact) mass is 589 g/mol. The lowest BCUT2D eigenvalue weighted by molar-refractivity contribution is -0.167. The number of rotatable bonds is 9. The molecule has 0 bridgehead atoms. The first-order valence-electron chi connectivity index (χ1n) is 12.9. The van der Waals surface area contributed by atoms with Crippen LogP contribution in [0.5, 0.6) is 0 Å². The molecule has 2 aliphatic rings. The van der Waals surface area contributed by atoms with E-state index in [0.29, 0.717) is 0 Å². The molecule has 42 heavy (non-hydrogen) atoms. The maximum atomic E-state index is 12.9. The van der Waals surface area contributed by atoms with Gasteiger partial charge in [-0.05, 0) is 12.2 Å². The van der Waals surface area contributed by atoms with E-state index in [1.54, 1.807) is 23.3 Å². The third-order valence-electron chi connectivity index (χ3n) is 6.64. The minimum absolute atomic E-state index is 0.0124. The largest absolute Gasteiger partial charge is 0.463 e. The van der Waals surface area contributed by atoms with Crippen molar-refractivity contribution >= 4 is 35.0 Å². The smallest absolute Gasteiger partial charge is 0.335 e. The highest BCUT2D eigenvalue weighted by atomic mass is 16.7. The molecular formula is C26H31N5O11. The molecule has 226 valence electrons. The summed E-state index contributed by atoms with van der Waals surface area (Å²) in [6.07, 6.45) is 2.00. The Balaban J connectivity index is 1.45. The fourth-order valence-electron chi connectivity index (χ4n) is 4.73. The first-order valence-corrected chi connectivity index (χ1v) is 12.9. The second-order valence-electron chi connectivity index (χ2n) is 9.67. The maximum absolute atomic E-state index is 12.9. The Morgan fingerprint density at radius 2 is 1.67 bits per heavy atom. The van der Waals surface area contributed by atoms with Crippen molar-refractivity contribution in [2.45, 2.75) is 51.9 Å². The Morgan fingerprint density at radius 1 is 0.976 bits per heavy atom. The average molecular weight is 590 g/mol. The van der Waals surface area contributed by atoms with Crippen molar-refractivity contribution in [3.63, 3.8) is 0 Å². The van der Waals surface area contributed by atoms with Crippen LogP contribution in [0.3, 0.4) is 0 Å². The van der Waals surface area contributed by atoms with Gasteiger partial charge in [0.25, 0.3) is 5.56 Å². The van der Waals surface area contributed by atoms with Gasteiger partial charge in [-0.2, -0.15) is 0 Å². The van der Waals surface area contributed by atoms with Crippen LogP contribution in [-0.4, -0.2) is 91.8 Å². The summed E-state index contributed by atoms with van der Waals surface area (Å²) in [6.45, 7) is 3.31. The summed E-state index contributed by atoms with van der Waals surface area (Å²) in [7, 11) is 2.87. The third-order valence-corrected chi connectivity index (χ3v) is 6.64. The lowest BCUT2D eigenvalue weighted by Crippen LogP contribution is -2.47. The fraction of sp³-hybridized carbons (Fsp3) is 0.500. The van der Waals surface area contributed by atoms with Crippen LogP contribution < -0.4 is 11.2 Å². The fourth-order valence-corrected chi connectivity index (χ4v) is 4.73. The standard InChI is InChI=1S/C26H31N5O11/c1-14(32)39-12-18-20(40-15(2)33)21(41-16(3)34)24(42-18)30-8-6-7-17(11-30)25(36)38-10-9-31-13-27-22-19(31)23(35)29(5)26(37)28(22)4/h6-8,13,18,20-21,24H,9-12H2,1-5H3/t18-,20-,21-,24-/m1/s1. The van der Waals surface area contributed by atoms with Crippen molar-refractivity contribution in [1.29, 1.82) is 0 Å². The van der Waals surface area contributed by atoms with Gasteiger partial charge in [0, 0.05) is 41.1 Å². The lowest BCUT2D eigenvalue weighted by atomic mass is 10.1. The van der Waals surface area contributed by atoms with Crippen LogP contribution in [0.25, 0.3) is 11.2 Å². The maximum Gasteiger partial charge on any atom is 0.335 e. The number of imidazole rings is 1. The summed E-state index contributed by atoms with van der Waals surface area (Å²) in [5.41, 5.74) is -0.384. The second kappa shape index (κ2) is 12.4. The Morgan fingerprint density at radius 3 is 2.33 bits per heavy atom. The van der Waals surface area contributed by atoms with E-state index in [1.807, 2.05) is 0 Å². The predicted molar refractivity (Wildman–Crippen MR) is 142 cm³/mol. The van der Waals surface area contributed by atoms with E-state index < -0.39 is 59.7 Å². The molecule has 16 nitrogen and oxygen atoms in total. The Labute approximate surface area is 238 Å². The van der Waals surface area contributed by atoms with E-state index in [1.165, 1.54) is 50.3 Å². The van der Waals surface area contributed by atoms with Crippen LogP contribution in [-0.2, 0) is 63.5 Å². The first kappa shape index (κ1) is 30.2. The van der Waals surface area contributed by atoms with Crippen LogP contribution in [0.2, 0.25) is 0 Å². The number of nitrogens with zero attached hydrogens (tertiary/aromatic N) is 5. The van der Waals surface area contributed by atoms with Crippen LogP contribution in [0.1, 0.15) is 20.8 Å². The van der Waals surface area contributed by atoms with E-state index in [4.69, 9.17) is 23.7 Å². The van der Waals surface area contributed by atoms with Crippen LogP contribution >= 0.6 is 0 Å². The van der Waals surface area contributed by atoms with E-state index >= 15 is 0 Å². The molecule has 0 aliphatic carbocycles. The van der Waals surface area contributed by atoms with Crippen LogP contribution in [0.4, 0.5) is 0 Å². The van der Waals surface area contributed by atoms with E-state index in [2.05, 4.69) is 4.98 Å². The SMILES string of the molecule is CC(=O)OC[C@H]1O[C@@H](N2C=CC=C(C(=O)OCCn3cnc4c3c(=O)n(C)c(=O)n4C)C2)[C@H](OC(C)=O)[C@@H]1OC(C)=O. The Kier molecular flexibility index (Phi) is 8.94. The van der Waals surface area contributed by atoms with Crippen molar-refractivity contribution < 1.29 is 42.9 Å². The van der Waals surface area contributed by atoms with E-state index in [0.717, 1.165) is 4.57 Å². The molecule has 2 aromatic heterocycles. The normalized spacial score (nSPS) is 21.6. The summed E-state index contributed by atoms with van der Waals surface area (Å²) in [5, 5.41) is 0. The average Bonchev–Trinajstić information content (AvgIpc) is 3.50. The van der Waals surface area contributed by atoms with Crippen molar-refractivity contribution in [2.75, 3.05) is 19.8 Å². The van der Waals surface area contributed by atoms with Gasteiger partial charge in [-0.25, -0.2) is 14.6 Å². The summed E-state index contributed by atoms with van der Waals surface area (Å²) >= 11 is 0. The Bertz CT molecular complexity index is 1580. The number of aromatic nitrogens is 4. The molecular weight excluding hydrogens is 558 g/mol. The van der Waals surface area contributed by atoms with Gasteiger partial charge >= 0.3 is 29.6 Å². The summed E-state index contributed by atoms with van der Waals surface area (Å²) in [4.78, 5) is 78.5. The molecule has 0 spiro atoms. The molecule has 16 heteroatoms. The van der Waals surface area contributed by atoms with Gasteiger partial charge in [0.1, 0.15) is 19.3 Å². The molecule has 4 rings (SSSR count). The van der Waals surface area contributed by atoms with Gasteiger partial charge in [0.15, 0.2) is 29.6 Å². The molecule has 0 unspecified atom stereocenters. The van der Waals surface area contributed by atoms with Crippen molar-refractivity contribution in [1.82, 2.24) is 23.6 Å². The highest BCUT2D eigenvalue weighted by Gasteiger charge is 2.51. The first-order chi connectivity index (χ1) is 19.9. The van der Waals surface area contributed by atoms with Crippen LogP contribution in [0.15, 0.2) is 39.8 Å². The van der Waals surface area contributed by atoms with Gasteiger partial charge in [0.2, 0.25) is 0 Å². The number of carbonyl (C=O) groups excluding carboxylic acids is 4. The highest BCUT2D eigenvalue weighted by Crippen LogP contribution is 2.31. The number of allylic oxidation sites excluding steroid dienone is 2. The summed E-state index contributed by atoms with van der Waals surface area (Å²) in [6, 6.07) is 0. The van der Waals surface area contributed by atoms with E-state index in [-0.39, 0.29) is 43.0 Å². The van der Waals surface area contributed by atoms with Gasteiger partial charge in [-0.15, -0.1) is 0 Å². The molecule has 4 atom stereocenters. The molecule has 4 heterocycles. The zero-order chi connectivity index (χ0) is 30.7. The van der Waals surface area contributed by atoms with Gasteiger partial charge < -0.3 is 33.2 Å². The number of aryl methyl sites for hydroxylation is 1. The van der Waals surface area contributed by atoms with E-state index in [9.17, 15) is 28.8 Å². The van der Waals surface area contributed by atoms with Crippen molar-refractivity contribution in [3.05, 3.63) is 51.1 Å². The molecule has 0 aromatic carbocycles. The zero-order valence-electron chi connectivity index (χ0n) is 23.7. The molecule has 1 fully saturated rings. The van der Waals surface area contributed by atoms with Gasteiger partial charge in [0.05, 0.1) is 25.0 Å². The number of carbonyl (C=O) groups is 4. The van der Waals surface area contributed by atoms with Crippen molar-refractivity contribution in [3.8, 4) is 0 Å². The highest BCUT2D eigenvalue weighted by molar-refractivity contribution is 5.89. The quantitative estimate of drug-likeness (QED) is 0.254. The summed E-state index contributed by atoms with van der Waals surface area (Å²) < 4.78 is 31.1. The molecule has 0 radical (unpaired) electrons. The Hall–Kier alpha value is -4.73. The topological polar surface area (TPSA) is 179 Å². The predicted octanol–water partition coefficient (Wildman–Crippen LogP) is -1.12. The van der Waals surface area contributed by atoms with Crippen molar-refractivity contribution in [2.24, 2.45) is 14.1 Å². The number of ether oxygens (including phenoxy) is 5. The molecule has 2 aromatic rings. The van der Waals surface area contributed by atoms with Gasteiger partial charge in [-0.3, -0.25) is 28.3 Å². The minimum atomic E-state index is -1.10. The number of hydrogen-bond acceptors (Lipinski definition) is 13. The van der Waals surface area contributed by atoms with Gasteiger partial charge in [-0.1, -0.05) is 0 Å². The summed E-state index contributed by atoms with van der Waals surface area (Å²) in [5.74, 6) is -2.54. The number of hydrogen-bond donors (Lipinski definition) is 0. The van der Waals surface area contributed by atoms with Crippen LogP contribution in [0, 0.1) is 0 Å². The number of fused-ring (bicyclic) bond motifs is 1. The second-order valence-corrected chi connectivity index (χ2v) is 9.67. The molecule has 0 amide bonds. The molecule has 0 saturated carbocycles. The molecule has 2 aliphatic heterocycles. The molecule has 0 N–H and O–H groups in total. The minimum Gasteiger partial charge on any atom is -0.463 e. The third kappa shape index (κ3) is 6.27. The zero-order valence-corrected chi connectivity index (χ0v) is 23.7. The lowest BCUT2D eigenvalue weighted by Gasteiger charge is -2.32. The number of esters is 4.